The highest BCUT2D eigenvalue weighted by molar-refractivity contribution is 5.00. The van der Waals surface area contributed by atoms with Gasteiger partial charge in [0, 0.05) is 0 Å². The molecule has 0 aromatic carbocycles. The van der Waals surface area contributed by atoms with Gasteiger partial charge in [-0.05, 0) is 24.3 Å². The molecular formula is C4H6N4. The van der Waals surface area contributed by atoms with E-state index in [1.807, 2.05) is 13.8 Å². The van der Waals surface area contributed by atoms with Crippen molar-refractivity contribution < 1.29 is 0 Å². The van der Waals surface area contributed by atoms with Crippen LogP contribution in [0.1, 0.15) is 11.4 Å². The number of aromatic nitrogens is 4. The molecule has 42 valence electrons. The van der Waals surface area contributed by atoms with E-state index < -0.39 is 0 Å². The van der Waals surface area contributed by atoms with Gasteiger partial charge >= 0.3 is 0 Å². The molecule has 4 heteroatoms. The molecule has 0 aliphatic rings. The lowest BCUT2D eigenvalue weighted by atomic mass is 10.4. The molecule has 0 aliphatic carbocycles. The highest BCUT2D eigenvalue weighted by atomic mass is 15.4. The molecule has 4 nitrogen and oxygen atoms in total. The minimum atomic E-state index is 0.833. The van der Waals surface area contributed by atoms with Crippen LogP contribution in [0.2, 0.25) is 0 Å². The van der Waals surface area contributed by atoms with Gasteiger partial charge in [0.05, 0.1) is 11.4 Å². The lowest BCUT2D eigenvalue weighted by Gasteiger charge is -1.87. The fourth-order valence-corrected chi connectivity index (χ4v) is 0.319. The predicted octanol–water partition coefficient (Wildman–Crippen LogP) is -0.117. The second-order valence-corrected chi connectivity index (χ2v) is 1.55. The van der Waals surface area contributed by atoms with E-state index in [1.165, 1.54) is 0 Å². The number of hydrogen-bond acceptors (Lipinski definition) is 4. The van der Waals surface area contributed by atoms with Crippen LogP contribution in [0.25, 0.3) is 0 Å². The summed E-state index contributed by atoms with van der Waals surface area (Å²) in [6.45, 7) is 3.69. The van der Waals surface area contributed by atoms with Crippen LogP contribution in [0.3, 0.4) is 0 Å². The van der Waals surface area contributed by atoms with E-state index in [0.29, 0.717) is 0 Å². The van der Waals surface area contributed by atoms with Crippen molar-refractivity contribution in [2.75, 3.05) is 0 Å². The van der Waals surface area contributed by atoms with Gasteiger partial charge in [-0.2, -0.15) is 0 Å². The van der Waals surface area contributed by atoms with Crippen LogP contribution in [0.4, 0.5) is 0 Å². The van der Waals surface area contributed by atoms with E-state index in [0.717, 1.165) is 11.4 Å². The zero-order valence-electron chi connectivity index (χ0n) is 4.79. The van der Waals surface area contributed by atoms with Gasteiger partial charge in [0.2, 0.25) is 0 Å². The van der Waals surface area contributed by atoms with Crippen LogP contribution in [-0.4, -0.2) is 20.6 Å². The summed E-state index contributed by atoms with van der Waals surface area (Å²) in [5.41, 5.74) is 1.67. The second kappa shape index (κ2) is 1.81. The van der Waals surface area contributed by atoms with Crippen LogP contribution in [0, 0.1) is 13.8 Å². The number of nitrogens with zero attached hydrogens (tertiary/aromatic N) is 4. The third kappa shape index (κ3) is 0.776. The van der Waals surface area contributed by atoms with E-state index in [2.05, 4.69) is 20.6 Å². The van der Waals surface area contributed by atoms with Gasteiger partial charge in [0.15, 0.2) is 0 Å². The molecule has 1 aromatic rings. The summed E-state index contributed by atoms with van der Waals surface area (Å²) in [6.07, 6.45) is 0. The van der Waals surface area contributed by atoms with Gasteiger partial charge in [0.25, 0.3) is 0 Å². The summed E-state index contributed by atoms with van der Waals surface area (Å²) in [5.74, 6) is 0. The molecule has 0 bridgehead atoms. The molecule has 0 unspecified atom stereocenters. The molecule has 8 heavy (non-hydrogen) atoms. The topological polar surface area (TPSA) is 51.6 Å². The van der Waals surface area contributed by atoms with Crippen molar-refractivity contribution in [1.82, 2.24) is 20.6 Å². The van der Waals surface area contributed by atoms with Crippen molar-refractivity contribution in [2.24, 2.45) is 0 Å². The van der Waals surface area contributed by atoms with Crippen molar-refractivity contribution >= 4 is 0 Å². The molecule has 0 radical (unpaired) electrons. The van der Waals surface area contributed by atoms with Gasteiger partial charge < -0.3 is 0 Å². The maximum Gasteiger partial charge on any atom is 0.0849 e. The molecule has 1 heterocycles. The Morgan fingerprint density at radius 3 is 1.50 bits per heavy atom. The van der Waals surface area contributed by atoms with Gasteiger partial charge in [0.1, 0.15) is 0 Å². The van der Waals surface area contributed by atoms with Crippen LogP contribution >= 0.6 is 0 Å². The molecule has 0 spiro atoms. The highest BCUT2D eigenvalue weighted by Gasteiger charge is 1.90. The van der Waals surface area contributed by atoms with Crippen molar-refractivity contribution in [3.05, 3.63) is 11.4 Å². The maximum atomic E-state index is 3.66. The first-order valence-electron chi connectivity index (χ1n) is 2.30. The second-order valence-electron chi connectivity index (χ2n) is 1.55. The lowest BCUT2D eigenvalue weighted by molar-refractivity contribution is 0.722. The van der Waals surface area contributed by atoms with E-state index in [4.69, 9.17) is 0 Å². The van der Waals surface area contributed by atoms with Gasteiger partial charge in [-0.15, -0.1) is 10.2 Å². The van der Waals surface area contributed by atoms with Gasteiger partial charge in [-0.3, -0.25) is 0 Å². The molecule has 0 atom stereocenters. The zero-order valence-corrected chi connectivity index (χ0v) is 4.79. The molecule has 0 N–H and O–H groups in total. The summed E-state index contributed by atoms with van der Waals surface area (Å²) in [6, 6.07) is 0. The quantitative estimate of drug-likeness (QED) is 0.467. The molecule has 0 aliphatic heterocycles. The van der Waals surface area contributed by atoms with E-state index in [-0.39, 0.29) is 0 Å². The van der Waals surface area contributed by atoms with Crippen LogP contribution in [0.15, 0.2) is 0 Å². The maximum absolute atomic E-state index is 3.66. The van der Waals surface area contributed by atoms with Crippen LogP contribution < -0.4 is 0 Å². The summed E-state index contributed by atoms with van der Waals surface area (Å²) < 4.78 is 0. The summed E-state index contributed by atoms with van der Waals surface area (Å²) in [5, 5.41) is 14.0. The molecule has 1 aromatic heterocycles. The summed E-state index contributed by atoms with van der Waals surface area (Å²) in [4.78, 5) is 0. The van der Waals surface area contributed by atoms with Gasteiger partial charge in [-0.1, -0.05) is 0 Å². The highest BCUT2D eigenvalue weighted by Crippen LogP contribution is 1.89. The van der Waals surface area contributed by atoms with E-state index in [9.17, 15) is 0 Å². The standard InChI is InChI=1S/C4H6N4/c1-3-4(2)6-8-7-5-3/h1-2H3. The van der Waals surface area contributed by atoms with Crippen LogP contribution in [0.5, 0.6) is 0 Å². The Kier molecular flexibility index (Phi) is 1.15. The minimum absolute atomic E-state index is 0.833. The van der Waals surface area contributed by atoms with E-state index in [1.54, 1.807) is 0 Å². The molecule has 0 saturated heterocycles. The SMILES string of the molecule is Cc1nnnnc1C. The Bertz CT molecular complexity index is 164. The fraction of sp³-hybridized carbons (Fsp3) is 0.500. The number of hydrogen-bond donors (Lipinski definition) is 0. The summed E-state index contributed by atoms with van der Waals surface area (Å²) >= 11 is 0. The van der Waals surface area contributed by atoms with Crippen molar-refractivity contribution in [2.45, 2.75) is 13.8 Å². The van der Waals surface area contributed by atoms with Crippen molar-refractivity contribution in [3.8, 4) is 0 Å². The predicted molar refractivity (Wildman–Crippen MR) is 27.1 cm³/mol. The smallest absolute Gasteiger partial charge is 0.0849 e. The molecule has 0 fully saturated rings. The average Bonchev–Trinajstić information content (AvgIpc) is 1.77. The first kappa shape index (κ1) is 5.08. The van der Waals surface area contributed by atoms with Crippen LogP contribution in [-0.2, 0) is 0 Å². The number of aryl methyl sites for hydroxylation is 2. The number of rotatable bonds is 0. The first-order valence-corrected chi connectivity index (χ1v) is 2.30. The first-order chi connectivity index (χ1) is 3.80. The minimum Gasteiger partial charge on any atom is -0.132 e. The molecule has 0 saturated carbocycles. The Hall–Kier alpha value is -1.06. The lowest BCUT2D eigenvalue weighted by Crippen LogP contribution is -1.97. The zero-order chi connectivity index (χ0) is 5.98. The van der Waals surface area contributed by atoms with Gasteiger partial charge in [-0.25, -0.2) is 0 Å². The third-order valence-electron chi connectivity index (χ3n) is 0.953. The summed E-state index contributed by atoms with van der Waals surface area (Å²) in [7, 11) is 0. The van der Waals surface area contributed by atoms with Crippen molar-refractivity contribution in [3.63, 3.8) is 0 Å². The largest absolute Gasteiger partial charge is 0.132 e. The molecule has 0 amide bonds. The van der Waals surface area contributed by atoms with E-state index >= 15 is 0 Å². The average molecular weight is 110 g/mol. The Morgan fingerprint density at radius 1 is 0.875 bits per heavy atom. The molecular weight excluding hydrogens is 104 g/mol. The Morgan fingerprint density at radius 2 is 1.25 bits per heavy atom. The monoisotopic (exact) mass is 110 g/mol. The molecule has 1 rings (SSSR count). The van der Waals surface area contributed by atoms with Crippen molar-refractivity contribution in [1.29, 1.82) is 0 Å². The Balaban J connectivity index is 3.13. The normalized spacial score (nSPS) is 9.25. The third-order valence-corrected chi connectivity index (χ3v) is 0.953. The Labute approximate surface area is 46.9 Å². The fourth-order valence-electron chi connectivity index (χ4n) is 0.319.